The number of aliphatic hydroxyl groups is 1. The molecule has 1 N–H and O–H groups in total. The fourth-order valence-corrected chi connectivity index (χ4v) is 3.50. The van der Waals surface area contributed by atoms with Gasteiger partial charge < -0.3 is 14.4 Å². The molecule has 1 aromatic heterocycles. The maximum atomic E-state index is 9.45. The van der Waals surface area contributed by atoms with Crippen LogP contribution in [0, 0.1) is 12.8 Å². The van der Waals surface area contributed by atoms with Gasteiger partial charge in [-0.25, -0.2) is 0 Å². The Labute approximate surface area is 151 Å². The average molecular weight is 371 g/mol. The van der Waals surface area contributed by atoms with E-state index in [2.05, 4.69) is 10.1 Å². The first-order valence-electron chi connectivity index (χ1n) is 7.90. The Morgan fingerprint density at radius 1 is 1.33 bits per heavy atom. The van der Waals surface area contributed by atoms with Gasteiger partial charge in [-0.15, -0.1) is 0 Å². The molecule has 0 radical (unpaired) electrons. The molecule has 7 heteroatoms. The number of aromatic nitrogens is 1. The van der Waals surface area contributed by atoms with Crippen LogP contribution in [0.25, 0.3) is 11.3 Å². The highest BCUT2D eigenvalue weighted by Crippen LogP contribution is 2.37. The minimum atomic E-state index is 0.111. The Morgan fingerprint density at radius 3 is 2.79 bits per heavy atom. The maximum Gasteiger partial charge on any atom is 0.138 e. The highest BCUT2D eigenvalue weighted by atomic mass is 35.5. The molecule has 0 aliphatic carbocycles. The van der Waals surface area contributed by atoms with Crippen molar-refractivity contribution in [2.24, 2.45) is 5.92 Å². The fraction of sp³-hybridized carbons (Fsp3) is 0.471. The summed E-state index contributed by atoms with van der Waals surface area (Å²) in [5.41, 5.74) is 2.33. The molecule has 5 nitrogen and oxygen atoms in total. The van der Waals surface area contributed by atoms with Crippen molar-refractivity contribution in [2.45, 2.75) is 13.5 Å². The number of halogens is 2. The number of rotatable bonds is 4. The summed E-state index contributed by atoms with van der Waals surface area (Å²) in [5, 5.41) is 14.7. The van der Waals surface area contributed by atoms with Gasteiger partial charge in [-0.2, -0.15) is 0 Å². The predicted octanol–water partition coefficient (Wildman–Crippen LogP) is 3.40. The fourth-order valence-electron chi connectivity index (χ4n) is 2.93. The molecule has 0 spiro atoms. The van der Waals surface area contributed by atoms with Gasteiger partial charge in [0.25, 0.3) is 0 Å². The van der Waals surface area contributed by atoms with Crippen LogP contribution in [0.2, 0.25) is 10.0 Å². The minimum absolute atomic E-state index is 0.111. The Kier molecular flexibility index (Phi) is 5.79. The van der Waals surface area contributed by atoms with E-state index in [1.165, 1.54) is 0 Å². The van der Waals surface area contributed by atoms with E-state index in [-0.39, 0.29) is 12.5 Å². The lowest BCUT2D eigenvalue weighted by molar-refractivity contribution is 0.0958. The molecule has 1 aliphatic heterocycles. The second-order valence-corrected chi connectivity index (χ2v) is 6.84. The predicted molar refractivity (Wildman–Crippen MR) is 93.4 cm³/mol. The van der Waals surface area contributed by atoms with Crippen LogP contribution in [-0.4, -0.2) is 48.1 Å². The second-order valence-electron chi connectivity index (χ2n) is 6.02. The molecule has 3 rings (SSSR count). The van der Waals surface area contributed by atoms with E-state index in [0.29, 0.717) is 41.1 Å². The summed E-state index contributed by atoms with van der Waals surface area (Å²) in [4.78, 5) is 2.24. The van der Waals surface area contributed by atoms with Crippen LogP contribution in [-0.2, 0) is 11.3 Å². The molecule has 1 atom stereocenters. The number of hydrogen-bond donors (Lipinski definition) is 1. The van der Waals surface area contributed by atoms with E-state index in [1.807, 2.05) is 6.92 Å². The van der Waals surface area contributed by atoms with Gasteiger partial charge in [0.1, 0.15) is 11.5 Å². The van der Waals surface area contributed by atoms with Crippen LogP contribution < -0.4 is 0 Å². The minimum Gasteiger partial charge on any atom is -0.396 e. The molecular weight excluding hydrogens is 351 g/mol. The van der Waals surface area contributed by atoms with Gasteiger partial charge in [0.2, 0.25) is 0 Å². The zero-order chi connectivity index (χ0) is 17.1. The molecule has 2 heterocycles. The number of benzene rings is 1. The zero-order valence-corrected chi connectivity index (χ0v) is 15.0. The molecule has 0 bridgehead atoms. The van der Waals surface area contributed by atoms with Crippen LogP contribution in [0.15, 0.2) is 22.7 Å². The number of nitrogens with zero attached hydrogens (tertiary/aromatic N) is 2. The van der Waals surface area contributed by atoms with E-state index in [9.17, 15) is 5.11 Å². The third-order valence-electron chi connectivity index (χ3n) is 4.25. The Balaban J connectivity index is 1.90. The topological polar surface area (TPSA) is 58.7 Å². The number of aryl methyl sites for hydroxylation is 1. The normalized spacial score (nSPS) is 19.4. The van der Waals surface area contributed by atoms with Crippen LogP contribution in [0.3, 0.4) is 0 Å². The number of aliphatic hydroxyl groups excluding tert-OH is 1. The van der Waals surface area contributed by atoms with Crippen LogP contribution in [0.5, 0.6) is 0 Å². The molecule has 0 unspecified atom stereocenters. The summed E-state index contributed by atoms with van der Waals surface area (Å²) in [7, 11) is 0. The molecule has 2 aromatic rings. The molecule has 1 aromatic carbocycles. The smallest absolute Gasteiger partial charge is 0.138 e. The van der Waals surface area contributed by atoms with Crippen molar-refractivity contribution in [1.82, 2.24) is 10.1 Å². The van der Waals surface area contributed by atoms with Crippen molar-refractivity contribution >= 4 is 23.2 Å². The number of hydrogen-bond acceptors (Lipinski definition) is 5. The Morgan fingerprint density at radius 2 is 2.08 bits per heavy atom. The molecule has 1 aliphatic rings. The summed E-state index contributed by atoms with van der Waals surface area (Å²) < 4.78 is 11.0. The van der Waals surface area contributed by atoms with E-state index in [1.54, 1.807) is 18.2 Å². The molecular formula is C17H20Cl2N2O3. The van der Waals surface area contributed by atoms with E-state index in [4.69, 9.17) is 32.5 Å². The summed E-state index contributed by atoms with van der Waals surface area (Å²) >= 11 is 12.7. The molecule has 1 saturated heterocycles. The van der Waals surface area contributed by atoms with Gasteiger partial charge in [0.05, 0.1) is 23.3 Å². The van der Waals surface area contributed by atoms with Crippen LogP contribution >= 0.6 is 23.2 Å². The van der Waals surface area contributed by atoms with Crippen molar-refractivity contribution in [3.05, 3.63) is 39.6 Å². The van der Waals surface area contributed by atoms with Gasteiger partial charge in [0, 0.05) is 43.3 Å². The monoisotopic (exact) mass is 370 g/mol. The van der Waals surface area contributed by atoms with Crippen molar-refractivity contribution in [1.29, 1.82) is 0 Å². The SMILES string of the molecule is Cc1onc(-c2c(Cl)cccc2Cl)c1CN1CCOC[C@H](CO)C1. The third-order valence-corrected chi connectivity index (χ3v) is 4.88. The van der Waals surface area contributed by atoms with E-state index < -0.39 is 0 Å². The molecule has 24 heavy (non-hydrogen) atoms. The van der Waals surface area contributed by atoms with E-state index >= 15 is 0 Å². The van der Waals surface area contributed by atoms with Gasteiger partial charge in [0.15, 0.2) is 0 Å². The Hall–Kier alpha value is -1.11. The van der Waals surface area contributed by atoms with Crippen molar-refractivity contribution in [2.75, 3.05) is 32.9 Å². The first-order valence-corrected chi connectivity index (χ1v) is 8.66. The standard InChI is InChI=1S/C17H20Cl2N2O3/c1-11-13(8-21-5-6-23-10-12(7-21)9-22)17(20-24-11)16-14(18)3-2-4-15(16)19/h2-4,12,22H,5-10H2,1H3/t12-/m0/s1. The highest BCUT2D eigenvalue weighted by molar-refractivity contribution is 6.39. The van der Waals surface area contributed by atoms with Crippen LogP contribution in [0.1, 0.15) is 11.3 Å². The van der Waals surface area contributed by atoms with Crippen LogP contribution in [0.4, 0.5) is 0 Å². The lowest BCUT2D eigenvalue weighted by Crippen LogP contribution is -2.31. The van der Waals surface area contributed by atoms with Crippen molar-refractivity contribution in [3.8, 4) is 11.3 Å². The summed E-state index contributed by atoms with van der Waals surface area (Å²) in [5.74, 6) is 0.853. The van der Waals surface area contributed by atoms with Gasteiger partial charge in [-0.05, 0) is 19.1 Å². The van der Waals surface area contributed by atoms with Crippen molar-refractivity contribution in [3.63, 3.8) is 0 Å². The van der Waals surface area contributed by atoms with Gasteiger partial charge in [-0.1, -0.05) is 34.4 Å². The maximum absolute atomic E-state index is 9.45. The largest absolute Gasteiger partial charge is 0.396 e. The number of ether oxygens (including phenoxy) is 1. The lowest BCUT2D eigenvalue weighted by atomic mass is 10.0. The highest BCUT2D eigenvalue weighted by Gasteiger charge is 2.24. The molecule has 1 fully saturated rings. The summed E-state index contributed by atoms with van der Waals surface area (Å²) in [6.45, 7) is 5.41. The van der Waals surface area contributed by atoms with Crippen molar-refractivity contribution < 1.29 is 14.4 Å². The molecule has 0 saturated carbocycles. The Bertz CT molecular complexity index is 685. The summed E-state index contributed by atoms with van der Waals surface area (Å²) in [6.07, 6.45) is 0. The molecule has 0 amide bonds. The average Bonchev–Trinajstić information content (AvgIpc) is 2.78. The second kappa shape index (κ2) is 7.85. The molecule has 130 valence electrons. The first-order chi connectivity index (χ1) is 11.6. The lowest BCUT2D eigenvalue weighted by Gasteiger charge is -2.22. The third kappa shape index (κ3) is 3.76. The zero-order valence-electron chi connectivity index (χ0n) is 13.5. The van der Waals surface area contributed by atoms with Gasteiger partial charge in [-0.3, -0.25) is 4.90 Å². The first kappa shape index (κ1) is 17.7. The van der Waals surface area contributed by atoms with Gasteiger partial charge >= 0.3 is 0 Å². The van der Waals surface area contributed by atoms with E-state index in [0.717, 1.165) is 24.4 Å². The summed E-state index contributed by atoms with van der Waals surface area (Å²) in [6, 6.07) is 5.38. The quantitative estimate of drug-likeness (QED) is 0.893.